The number of furan rings is 1. The molecule has 0 aliphatic rings. The van der Waals surface area contributed by atoms with E-state index in [0.29, 0.717) is 6.54 Å². The lowest BCUT2D eigenvalue weighted by molar-refractivity contribution is -0.685. The quantitative estimate of drug-likeness (QED) is 0.541. The number of aryl methyl sites for hydroxylation is 3. The first-order chi connectivity index (χ1) is 12.6. The van der Waals surface area contributed by atoms with E-state index >= 15 is 0 Å². The molecule has 0 spiro atoms. The van der Waals surface area contributed by atoms with E-state index in [1.54, 1.807) is 12.5 Å². The van der Waals surface area contributed by atoms with E-state index in [9.17, 15) is 0 Å². The zero-order valence-electron chi connectivity index (χ0n) is 15.1. The van der Waals surface area contributed by atoms with Gasteiger partial charge < -0.3 is 19.3 Å². The van der Waals surface area contributed by atoms with Crippen LogP contribution in [0.25, 0.3) is 11.0 Å². The zero-order valence-corrected chi connectivity index (χ0v) is 15.1. The monoisotopic (exact) mass is 351 g/mol. The molecule has 7 heteroatoms. The van der Waals surface area contributed by atoms with Gasteiger partial charge in [-0.2, -0.15) is 0 Å². The fourth-order valence-electron chi connectivity index (χ4n) is 3.39. The molecule has 4 rings (SSSR count). The third kappa shape index (κ3) is 2.85. The van der Waals surface area contributed by atoms with Gasteiger partial charge in [-0.05, 0) is 38.0 Å². The van der Waals surface area contributed by atoms with E-state index in [-0.39, 0.29) is 0 Å². The van der Waals surface area contributed by atoms with Crippen LogP contribution in [-0.4, -0.2) is 19.1 Å². The maximum Gasteiger partial charge on any atom is 0.232 e. The molecule has 0 aliphatic heterocycles. The third-order valence-electron chi connectivity index (χ3n) is 4.96. The average molecular weight is 351 g/mol. The van der Waals surface area contributed by atoms with Crippen LogP contribution < -0.4 is 10.3 Å². The van der Waals surface area contributed by atoms with E-state index in [2.05, 4.69) is 28.0 Å². The Kier molecular flexibility index (Phi) is 4.20. The number of imidazole rings is 1. The van der Waals surface area contributed by atoms with E-state index < -0.39 is 0 Å². The highest BCUT2D eigenvalue weighted by Crippen LogP contribution is 2.27. The summed E-state index contributed by atoms with van der Waals surface area (Å²) in [6, 6.07) is 3.88. The van der Waals surface area contributed by atoms with Crippen molar-refractivity contribution in [2.45, 2.75) is 39.9 Å². The molecule has 134 valence electrons. The summed E-state index contributed by atoms with van der Waals surface area (Å²) >= 11 is 0. The third-order valence-corrected chi connectivity index (χ3v) is 4.96. The summed E-state index contributed by atoms with van der Waals surface area (Å²) in [7, 11) is 0. The summed E-state index contributed by atoms with van der Waals surface area (Å²) in [5.74, 6) is 1.67. The molecule has 26 heavy (non-hydrogen) atoms. The van der Waals surface area contributed by atoms with Gasteiger partial charge in [0.05, 0.1) is 25.7 Å². The minimum Gasteiger partial charge on any atom is -0.467 e. The molecule has 0 fully saturated rings. The van der Waals surface area contributed by atoms with Gasteiger partial charge in [-0.15, -0.1) is 0 Å². The highest BCUT2D eigenvalue weighted by Gasteiger charge is 2.21. The molecule has 0 amide bonds. The second-order valence-electron chi connectivity index (χ2n) is 6.55. The Morgan fingerprint density at radius 2 is 2.19 bits per heavy atom. The number of rotatable bonds is 6. The van der Waals surface area contributed by atoms with Crippen molar-refractivity contribution in [1.82, 2.24) is 19.1 Å². The van der Waals surface area contributed by atoms with Gasteiger partial charge in [-0.25, -0.2) is 9.55 Å². The molecule has 0 radical (unpaired) electrons. The first-order valence-electron chi connectivity index (χ1n) is 8.76. The maximum atomic E-state index is 6.50. The number of aromatic nitrogens is 5. The summed E-state index contributed by atoms with van der Waals surface area (Å²) < 4.78 is 11.8. The summed E-state index contributed by atoms with van der Waals surface area (Å²) in [6.07, 6.45) is 10.1. The van der Waals surface area contributed by atoms with E-state index in [1.165, 1.54) is 5.56 Å². The Morgan fingerprint density at radius 1 is 1.31 bits per heavy atom. The Labute approximate surface area is 151 Å². The van der Waals surface area contributed by atoms with Crippen LogP contribution in [0.3, 0.4) is 0 Å². The molecular weight excluding hydrogens is 328 g/mol. The van der Waals surface area contributed by atoms with Crippen molar-refractivity contribution in [3.05, 3.63) is 60.5 Å². The first kappa shape index (κ1) is 16.4. The molecule has 4 aromatic rings. The molecule has 4 aromatic heterocycles. The van der Waals surface area contributed by atoms with Crippen LogP contribution >= 0.6 is 0 Å². The number of nitrogen functional groups attached to an aromatic ring is 1. The minimum absolute atomic E-state index is 0.653. The minimum atomic E-state index is 0.653. The van der Waals surface area contributed by atoms with Crippen molar-refractivity contribution in [3.8, 4) is 0 Å². The molecular formula is C19H23N6O+. The SMILES string of the molecule is Cc1c(C)n(Cc2ccco2)c2nc[n+](CCCn3ccnc3)c(N)c12. The molecule has 0 saturated carbocycles. The van der Waals surface area contributed by atoms with Gasteiger partial charge in [0, 0.05) is 24.6 Å². The van der Waals surface area contributed by atoms with Crippen LogP contribution in [0.1, 0.15) is 23.4 Å². The lowest BCUT2D eigenvalue weighted by Gasteiger charge is -2.06. The number of nitrogens with two attached hydrogens (primary N) is 1. The normalized spacial score (nSPS) is 11.5. The van der Waals surface area contributed by atoms with Gasteiger partial charge in [-0.3, -0.25) is 0 Å². The molecule has 0 atom stereocenters. The molecule has 0 aromatic carbocycles. The van der Waals surface area contributed by atoms with Crippen LogP contribution in [-0.2, 0) is 19.6 Å². The van der Waals surface area contributed by atoms with Crippen molar-refractivity contribution in [2.24, 2.45) is 0 Å². The summed E-state index contributed by atoms with van der Waals surface area (Å²) in [4.78, 5) is 8.77. The first-order valence-corrected chi connectivity index (χ1v) is 8.76. The van der Waals surface area contributed by atoms with Gasteiger partial charge in [0.1, 0.15) is 11.1 Å². The molecule has 4 heterocycles. The largest absolute Gasteiger partial charge is 0.467 e. The standard InChI is InChI=1S/C19H22N6O/c1-14-15(2)25(11-16-5-3-10-26-16)19-17(14)18(20)24(13-22-19)8-4-7-23-9-6-21-12-23/h3,5-6,9-10,12-13,20H,4,7-8,11H2,1-2H3/p+1. The smallest absolute Gasteiger partial charge is 0.232 e. The van der Waals surface area contributed by atoms with Gasteiger partial charge >= 0.3 is 0 Å². The highest BCUT2D eigenvalue weighted by molar-refractivity contribution is 5.89. The van der Waals surface area contributed by atoms with Gasteiger partial charge in [0.15, 0.2) is 0 Å². The highest BCUT2D eigenvalue weighted by atomic mass is 16.3. The molecule has 0 bridgehead atoms. The molecule has 0 unspecified atom stereocenters. The van der Waals surface area contributed by atoms with Crippen LogP contribution in [0.5, 0.6) is 0 Å². The van der Waals surface area contributed by atoms with Crippen LogP contribution in [0, 0.1) is 13.8 Å². The second kappa shape index (κ2) is 6.67. The van der Waals surface area contributed by atoms with Gasteiger partial charge in [0.2, 0.25) is 17.8 Å². The second-order valence-corrected chi connectivity index (χ2v) is 6.55. The topological polar surface area (TPSA) is 78.7 Å². The van der Waals surface area contributed by atoms with Gasteiger partial charge in [-0.1, -0.05) is 4.98 Å². The summed E-state index contributed by atoms with van der Waals surface area (Å²) in [5, 5.41) is 1.03. The average Bonchev–Trinajstić information content (AvgIpc) is 3.37. The predicted octanol–water partition coefficient (Wildman–Crippen LogP) is 2.45. The van der Waals surface area contributed by atoms with Crippen LogP contribution in [0.4, 0.5) is 5.82 Å². The molecule has 7 nitrogen and oxygen atoms in total. The van der Waals surface area contributed by atoms with Crippen molar-refractivity contribution in [1.29, 1.82) is 0 Å². The predicted molar refractivity (Wildman–Crippen MR) is 98.5 cm³/mol. The maximum absolute atomic E-state index is 6.50. The van der Waals surface area contributed by atoms with E-state index in [1.807, 2.05) is 35.6 Å². The Bertz CT molecular complexity index is 1010. The summed E-state index contributed by atoms with van der Waals surface area (Å²) in [5.41, 5.74) is 9.73. The molecule has 0 saturated heterocycles. The van der Waals surface area contributed by atoms with Crippen molar-refractivity contribution in [3.63, 3.8) is 0 Å². The van der Waals surface area contributed by atoms with Crippen molar-refractivity contribution in [2.75, 3.05) is 5.73 Å². The van der Waals surface area contributed by atoms with Crippen LogP contribution in [0.2, 0.25) is 0 Å². The Morgan fingerprint density at radius 3 is 2.92 bits per heavy atom. The van der Waals surface area contributed by atoms with Crippen LogP contribution in [0.15, 0.2) is 47.9 Å². The fourth-order valence-corrected chi connectivity index (χ4v) is 3.39. The molecule has 0 aliphatic carbocycles. The molecule has 2 N–H and O–H groups in total. The van der Waals surface area contributed by atoms with Gasteiger partial charge in [0.25, 0.3) is 0 Å². The lowest BCUT2D eigenvalue weighted by Crippen LogP contribution is -2.38. The number of anilines is 1. The number of hydrogen-bond acceptors (Lipinski definition) is 4. The number of nitrogens with zero attached hydrogens (tertiary/aromatic N) is 5. The van der Waals surface area contributed by atoms with E-state index in [4.69, 9.17) is 15.1 Å². The number of fused-ring (bicyclic) bond motifs is 1. The van der Waals surface area contributed by atoms with Crippen molar-refractivity contribution < 1.29 is 8.98 Å². The number of hydrogen-bond donors (Lipinski definition) is 1. The lowest BCUT2D eigenvalue weighted by atomic mass is 10.2. The van der Waals surface area contributed by atoms with E-state index in [0.717, 1.165) is 47.8 Å². The summed E-state index contributed by atoms with van der Waals surface area (Å²) in [6.45, 7) is 6.57. The van der Waals surface area contributed by atoms with Crippen molar-refractivity contribution >= 4 is 16.9 Å². The fraction of sp³-hybridized carbons (Fsp3) is 0.316. The Hall–Kier alpha value is -3.09. The zero-order chi connectivity index (χ0) is 18.1. The Balaban J connectivity index is 1.63.